The molecule has 88 valence electrons. The van der Waals surface area contributed by atoms with Gasteiger partial charge in [0.2, 0.25) is 0 Å². The molecule has 1 unspecified atom stereocenters. The van der Waals surface area contributed by atoms with Crippen molar-refractivity contribution in [3.05, 3.63) is 47.2 Å². The molecule has 0 saturated heterocycles. The van der Waals surface area contributed by atoms with Crippen molar-refractivity contribution in [3.63, 3.8) is 0 Å². The summed E-state index contributed by atoms with van der Waals surface area (Å²) in [7, 11) is 0. The summed E-state index contributed by atoms with van der Waals surface area (Å²) in [4.78, 5) is 0. The first-order chi connectivity index (χ1) is 8.25. The number of nitrogens with zero attached hydrogens (tertiary/aromatic N) is 2. The van der Waals surface area contributed by atoms with Crippen LogP contribution >= 0.6 is 0 Å². The van der Waals surface area contributed by atoms with Crippen LogP contribution in [0.1, 0.15) is 29.3 Å². The molecule has 3 nitrogen and oxygen atoms in total. The maximum absolute atomic E-state index is 4.60. The van der Waals surface area contributed by atoms with E-state index in [1.54, 1.807) is 0 Å². The number of fused-ring (bicyclic) bond motifs is 1. The number of benzene rings is 1. The largest absolute Gasteiger partial charge is 0.370 e. The van der Waals surface area contributed by atoms with E-state index in [2.05, 4.69) is 52.4 Å². The summed E-state index contributed by atoms with van der Waals surface area (Å²) < 4.78 is 2.13. The Labute approximate surface area is 101 Å². The van der Waals surface area contributed by atoms with Crippen molar-refractivity contribution in [2.24, 2.45) is 0 Å². The van der Waals surface area contributed by atoms with E-state index in [-0.39, 0.29) is 0 Å². The summed E-state index contributed by atoms with van der Waals surface area (Å²) in [5, 5.41) is 8.01. The van der Waals surface area contributed by atoms with Crippen molar-refractivity contribution in [2.75, 3.05) is 11.9 Å². The van der Waals surface area contributed by atoms with E-state index in [1.165, 1.54) is 11.1 Å². The molecule has 0 aliphatic carbocycles. The molecule has 17 heavy (non-hydrogen) atoms. The Morgan fingerprint density at radius 1 is 1.29 bits per heavy atom. The van der Waals surface area contributed by atoms with Gasteiger partial charge in [0.1, 0.15) is 5.82 Å². The van der Waals surface area contributed by atoms with Gasteiger partial charge in [0.15, 0.2) is 0 Å². The van der Waals surface area contributed by atoms with Gasteiger partial charge >= 0.3 is 0 Å². The van der Waals surface area contributed by atoms with Gasteiger partial charge in [0.25, 0.3) is 0 Å². The number of nitrogens with one attached hydrogen (secondary N) is 1. The lowest BCUT2D eigenvalue weighted by molar-refractivity contribution is 0.478. The van der Waals surface area contributed by atoms with E-state index in [9.17, 15) is 0 Å². The molecule has 0 fully saturated rings. The SMILES string of the molecule is Cc1cc2n(n1)C(c1ccccc1C)CCN2. The summed E-state index contributed by atoms with van der Waals surface area (Å²) in [5.74, 6) is 1.14. The number of anilines is 1. The highest BCUT2D eigenvalue weighted by Gasteiger charge is 2.23. The predicted octanol–water partition coefficient (Wildman–Crippen LogP) is 2.90. The van der Waals surface area contributed by atoms with Crippen LogP contribution in [0.3, 0.4) is 0 Å². The monoisotopic (exact) mass is 227 g/mol. The van der Waals surface area contributed by atoms with Crippen molar-refractivity contribution in [3.8, 4) is 0 Å². The quantitative estimate of drug-likeness (QED) is 0.811. The van der Waals surface area contributed by atoms with Gasteiger partial charge in [-0.2, -0.15) is 5.10 Å². The number of aromatic nitrogens is 2. The lowest BCUT2D eigenvalue weighted by Crippen LogP contribution is -2.24. The molecule has 1 atom stereocenters. The van der Waals surface area contributed by atoms with Gasteiger partial charge < -0.3 is 5.32 Å². The van der Waals surface area contributed by atoms with Crippen LogP contribution in [0.2, 0.25) is 0 Å². The van der Waals surface area contributed by atoms with Crippen LogP contribution in [0.5, 0.6) is 0 Å². The first kappa shape index (κ1) is 10.4. The summed E-state index contributed by atoms with van der Waals surface area (Å²) in [5.41, 5.74) is 3.81. The molecule has 1 aliphatic rings. The smallest absolute Gasteiger partial charge is 0.125 e. The fourth-order valence-electron chi connectivity index (χ4n) is 2.59. The minimum Gasteiger partial charge on any atom is -0.370 e. The number of hydrogen-bond acceptors (Lipinski definition) is 2. The van der Waals surface area contributed by atoms with E-state index in [4.69, 9.17) is 0 Å². The molecule has 3 rings (SSSR count). The number of aryl methyl sites for hydroxylation is 2. The molecular formula is C14H17N3. The molecule has 3 heteroatoms. The van der Waals surface area contributed by atoms with Gasteiger partial charge in [-0.25, -0.2) is 4.68 Å². The standard InChI is InChI=1S/C14H17N3/c1-10-5-3-4-6-12(10)13-7-8-15-14-9-11(2)16-17(13)14/h3-6,9,13,15H,7-8H2,1-2H3. The molecule has 0 spiro atoms. The Balaban J connectivity index is 2.09. The first-order valence-electron chi connectivity index (χ1n) is 6.11. The Hall–Kier alpha value is -1.77. The lowest BCUT2D eigenvalue weighted by atomic mass is 9.98. The second-order valence-corrected chi connectivity index (χ2v) is 4.70. The molecule has 0 radical (unpaired) electrons. The van der Waals surface area contributed by atoms with E-state index in [0.717, 1.165) is 24.5 Å². The second-order valence-electron chi connectivity index (χ2n) is 4.70. The number of hydrogen-bond donors (Lipinski definition) is 1. The molecule has 2 heterocycles. The Bertz CT molecular complexity index is 542. The minimum atomic E-state index is 0.376. The third kappa shape index (κ3) is 1.71. The molecule has 0 bridgehead atoms. The van der Waals surface area contributed by atoms with Gasteiger partial charge in [-0.3, -0.25) is 0 Å². The van der Waals surface area contributed by atoms with Gasteiger partial charge in [-0.1, -0.05) is 24.3 Å². The first-order valence-corrected chi connectivity index (χ1v) is 6.11. The molecular weight excluding hydrogens is 210 g/mol. The van der Waals surface area contributed by atoms with Gasteiger partial charge in [-0.15, -0.1) is 0 Å². The van der Waals surface area contributed by atoms with Crippen molar-refractivity contribution >= 4 is 5.82 Å². The van der Waals surface area contributed by atoms with Crippen LogP contribution in [0, 0.1) is 13.8 Å². The topological polar surface area (TPSA) is 29.9 Å². The third-order valence-electron chi connectivity index (χ3n) is 3.42. The van der Waals surface area contributed by atoms with E-state index in [0.29, 0.717) is 6.04 Å². The zero-order valence-corrected chi connectivity index (χ0v) is 10.3. The second kappa shape index (κ2) is 3.91. The van der Waals surface area contributed by atoms with Crippen LogP contribution in [0.4, 0.5) is 5.82 Å². The molecule has 2 aromatic rings. The van der Waals surface area contributed by atoms with Crippen molar-refractivity contribution < 1.29 is 0 Å². The molecule has 1 aromatic carbocycles. The summed E-state index contributed by atoms with van der Waals surface area (Å²) >= 11 is 0. The Morgan fingerprint density at radius 3 is 2.94 bits per heavy atom. The van der Waals surface area contributed by atoms with Gasteiger partial charge in [0.05, 0.1) is 11.7 Å². The third-order valence-corrected chi connectivity index (χ3v) is 3.42. The molecule has 0 amide bonds. The zero-order valence-electron chi connectivity index (χ0n) is 10.3. The minimum absolute atomic E-state index is 0.376. The maximum atomic E-state index is 4.60. The van der Waals surface area contributed by atoms with Crippen LogP contribution in [0.25, 0.3) is 0 Å². The van der Waals surface area contributed by atoms with Crippen molar-refractivity contribution in [2.45, 2.75) is 26.3 Å². The Kier molecular flexibility index (Phi) is 2.39. The van der Waals surface area contributed by atoms with Crippen LogP contribution in [-0.2, 0) is 0 Å². The number of rotatable bonds is 1. The fourth-order valence-corrected chi connectivity index (χ4v) is 2.59. The molecule has 1 aromatic heterocycles. The van der Waals surface area contributed by atoms with Crippen molar-refractivity contribution in [1.29, 1.82) is 0 Å². The fraction of sp³-hybridized carbons (Fsp3) is 0.357. The predicted molar refractivity (Wildman–Crippen MR) is 69.4 cm³/mol. The average Bonchev–Trinajstić information content (AvgIpc) is 2.70. The summed E-state index contributed by atoms with van der Waals surface area (Å²) in [6, 6.07) is 11.1. The average molecular weight is 227 g/mol. The highest BCUT2D eigenvalue weighted by molar-refractivity contribution is 5.42. The molecule has 0 saturated carbocycles. The van der Waals surface area contributed by atoms with Crippen LogP contribution in [0.15, 0.2) is 30.3 Å². The summed E-state index contributed by atoms with van der Waals surface area (Å²) in [6.45, 7) is 5.24. The summed E-state index contributed by atoms with van der Waals surface area (Å²) in [6.07, 6.45) is 1.10. The van der Waals surface area contributed by atoms with Gasteiger partial charge in [0, 0.05) is 12.6 Å². The normalized spacial score (nSPS) is 18.6. The highest BCUT2D eigenvalue weighted by atomic mass is 15.4. The molecule has 1 aliphatic heterocycles. The maximum Gasteiger partial charge on any atom is 0.125 e. The van der Waals surface area contributed by atoms with Crippen molar-refractivity contribution in [1.82, 2.24) is 9.78 Å². The van der Waals surface area contributed by atoms with E-state index < -0.39 is 0 Å². The van der Waals surface area contributed by atoms with E-state index in [1.807, 2.05) is 6.92 Å². The zero-order chi connectivity index (χ0) is 11.8. The molecule has 1 N–H and O–H groups in total. The van der Waals surface area contributed by atoms with Crippen LogP contribution < -0.4 is 5.32 Å². The Morgan fingerprint density at radius 2 is 2.12 bits per heavy atom. The van der Waals surface area contributed by atoms with Gasteiger partial charge in [-0.05, 0) is 31.4 Å². The van der Waals surface area contributed by atoms with Crippen LogP contribution in [-0.4, -0.2) is 16.3 Å². The van der Waals surface area contributed by atoms with E-state index >= 15 is 0 Å². The lowest BCUT2D eigenvalue weighted by Gasteiger charge is -2.27. The highest BCUT2D eigenvalue weighted by Crippen LogP contribution is 2.31.